The van der Waals surface area contributed by atoms with Gasteiger partial charge in [0.15, 0.2) is 0 Å². The number of hydrazone groups is 1. The Hall–Kier alpha value is -4.01. The number of fused-ring (bicyclic) bond motifs is 1. The Morgan fingerprint density at radius 2 is 1.62 bits per heavy atom. The Morgan fingerprint density at radius 3 is 2.32 bits per heavy atom. The molecule has 9 heteroatoms. The second-order valence-electron chi connectivity index (χ2n) is 8.67. The molecule has 186 valence electrons. The Balaban J connectivity index is 1.59. The topological polar surface area (TPSA) is 100 Å². The Labute approximate surface area is 220 Å². The Morgan fingerprint density at radius 1 is 0.946 bits per heavy atom. The summed E-state index contributed by atoms with van der Waals surface area (Å²) in [5.74, 6) is -0.0823. The number of halogens is 1. The standard InChI is InChI=1S/C28H24ClN5O2S/c1-19(30)31-28(33-37(35,36)25-16-13-20-7-5-6-10-23(20)17-25)34-18-26(21-8-3-2-4-9-21)27(32-34)22-11-14-24(29)15-12-22/h2-17,26H,18H2,1H3,(H2,30,31,33). The molecule has 2 N–H and O–H groups in total. The van der Waals surface area contributed by atoms with Crippen LogP contribution in [0.1, 0.15) is 24.0 Å². The van der Waals surface area contributed by atoms with Crippen molar-refractivity contribution in [2.45, 2.75) is 17.7 Å². The maximum Gasteiger partial charge on any atom is 0.285 e. The van der Waals surface area contributed by atoms with E-state index in [1.165, 1.54) is 11.1 Å². The highest BCUT2D eigenvalue weighted by molar-refractivity contribution is 7.90. The molecule has 1 atom stereocenters. The molecule has 4 aromatic rings. The lowest BCUT2D eigenvalue weighted by Crippen LogP contribution is -2.27. The van der Waals surface area contributed by atoms with Gasteiger partial charge < -0.3 is 5.73 Å². The monoisotopic (exact) mass is 529 g/mol. The van der Waals surface area contributed by atoms with Crippen LogP contribution in [0.2, 0.25) is 5.02 Å². The Kier molecular flexibility index (Phi) is 6.78. The summed E-state index contributed by atoms with van der Waals surface area (Å²) in [4.78, 5) is 4.33. The van der Waals surface area contributed by atoms with Crippen LogP contribution in [0.15, 0.2) is 116 Å². The SMILES string of the molecule is CC(N)=NC(=NS(=O)(=O)c1ccc2ccccc2c1)N1CC(c2ccccc2)C(c2ccc(Cl)cc2)=N1. The number of aliphatic imine (C=N–C) groups is 1. The van der Waals surface area contributed by atoms with Gasteiger partial charge in [-0.2, -0.15) is 18.5 Å². The number of rotatable bonds is 4. The highest BCUT2D eigenvalue weighted by atomic mass is 35.5. The first-order valence-electron chi connectivity index (χ1n) is 11.6. The third-order valence-electron chi connectivity index (χ3n) is 5.98. The van der Waals surface area contributed by atoms with Gasteiger partial charge in [-0.05, 0) is 53.1 Å². The van der Waals surface area contributed by atoms with Crippen molar-refractivity contribution in [2.75, 3.05) is 6.54 Å². The average Bonchev–Trinajstić information content (AvgIpc) is 3.34. The van der Waals surface area contributed by atoms with Crippen LogP contribution >= 0.6 is 11.6 Å². The highest BCUT2D eigenvalue weighted by Gasteiger charge is 2.32. The van der Waals surface area contributed by atoms with Gasteiger partial charge in [0.05, 0.1) is 23.0 Å². The molecule has 1 heterocycles. The lowest BCUT2D eigenvalue weighted by atomic mass is 9.91. The minimum Gasteiger partial charge on any atom is -0.387 e. The zero-order chi connectivity index (χ0) is 26.0. The van der Waals surface area contributed by atoms with Crippen molar-refractivity contribution in [3.8, 4) is 0 Å². The molecule has 0 amide bonds. The third kappa shape index (κ3) is 5.40. The summed E-state index contributed by atoms with van der Waals surface area (Å²) < 4.78 is 30.9. The quantitative estimate of drug-likeness (QED) is 0.282. The van der Waals surface area contributed by atoms with E-state index >= 15 is 0 Å². The molecule has 0 saturated carbocycles. The van der Waals surface area contributed by atoms with E-state index in [-0.39, 0.29) is 22.6 Å². The van der Waals surface area contributed by atoms with Crippen molar-refractivity contribution in [3.63, 3.8) is 0 Å². The molecule has 4 aromatic carbocycles. The number of amidine groups is 1. The minimum absolute atomic E-state index is 0.0642. The van der Waals surface area contributed by atoms with Gasteiger partial charge in [0.1, 0.15) is 0 Å². The van der Waals surface area contributed by atoms with Gasteiger partial charge in [0.2, 0.25) is 0 Å². The Bertz CT molecular complexity index is 1650. The van der Waals surface area contributed by atoms with E-state index in [9.17, 15) is 8.42 Å². The van der Waals surface area contributed by atoms with E-state index in [0.717, 1.165) is 27.6 Å². The molecule has 1 unspecified atom stereocenters. The number of benzene rings is 4. The van der Waals surface area contributed by atoms with E-state index < -0.39 is 10.0 Å². The molecule has 7 nitrogen and oxygen atoms in total. The minimum atomic E-state index is -4.11. The molecule has 0 aliphatic carbocycles. The molecule has 37 heavy (non-hydrogen) atoms. The molecule has 0 radical (unpaired) electrons. The predicted molar refractivity (Wildman–Crippen MR) is 150 cm³/mol. The molecule has 0 aromatic heterocycles. The fourth-order valence-corrected chi connectivity index (χ4v) is 5.32. The third-order valence-corrected chi connectivity index (χ3v) is 7.49. The zero-order valence-electron chi connectivity index (χ0n) is 20.0. The molecule has 0 bridgehead atoms. The lowest BCUT2D eigenvalue weighted by molar-refractivity contribution is 0.470. The van der Waals surface area contributed by atoms with Crippen LogP contribution in [0, 0.1) is 0 Å². The van der Waals surface area contributed by atoms with Crippen LogP contribution < -0.4 is 5.73 Å². The van der Waals surface area contributed by atoms with E-state index in [1.807, 2.05) is 66.7 Å². The van der Waals surface area contributed by atoms with Gasteiger partial charge in [-0.15, -0.1) is 4.40 Å². The van der Waals surface area contributed by atoms with Gasteiger partial charge in [0, 0.05) is 10.9 Å². The molecule has 0 spiro atoms. The molecule has 5 rings (SSSR count). The van der Waals surface area contributed by atoms with Crippen LogP contribution in [0.25, 0.3) is 10.8 Å². The first-order valence-corrected chi connectivity index (χ1v) is 13.4. The number of nitrogens with two attached hydrogens (primary N) is 1. The summed E-state index contributed by atoms with van der Waals surface area (Å²) in [7, 11) is -4.11. The number of hydrogen-bond donors (Lipinski definition) is 1. The van der Waals surface area contributed by atoms with Crippen molar-refractivity contribution in [3.05, 3.63) is 113 Å². The molecule has 0 fully saturated rings. The number of nitrogens with zero attached hydrogens (tertiary/aromatic N) is 4. The van der Waals surface area contributed by atoms with E-state index in [1.54, 1.807) is 31.2 Å². The van der Waals surface area contributed by atoms with Crippen molar-refractivity contribution >= 4 is 49.9 Å². The highest BCUT2D eigenvalue weighted by Crippen LogP contribution is 2.30. The molecule has 1 aliphatic rings. The molecular formula is C28H24ClN5O2S. The number of sulfonamides is 1. The second-order valence-corrected chi connectivity index (χ2v) is 10.7. The summed E-state index contributed by atoms with van der Waals surface area (Å²) in [6.07, 6.45) is 0. The number of guanidine groups is 1. The predicted octanol–water partition coefficient (Wildman–Crippen LogP) is 5.42. The van der Waals surface area contributed by atoms with E-state index in [4.69, 9.17) is 22.4 Å². The lowest BCUT2D eigenvalue weighted by Gasteiger charge is -2.16. The molecule has 1 aliphatic heterocycles. The van der Waals surface area contributed by atoms with Crippen molar-refractivity contribution in [2.24, 2.45) is 20.2 Å². The summed E-state index contributed by atoms with van der Waals surface area (Å²) >= 11 is 6.11. The van der Waals surface area contributed by atoms with Gasteiger partial charge in [-0.25, -0.2) is 5.01 Å². The summed E-state index contributed by atoms with van der Waals surface area (Å²) in [5, 5.41) is 8.62. The average molecular weight is 530 g/mol. The first-order chi connectivity index (χ1) is 17.8. The molecule has 0 saturated heterocycles. The van der Waals surface area contributed by atoms with Crippen LogP contribution in [0.5, 0.6) is 0 Å². The molecular weight excluding hydrogens is 506 g/mol. The van der Waals surface area contributed by atoms with E-state index in [2.05, 4.69) is 9.39 Å². The summed E-state index contributed by atoms with van der Waals surface area (Å²) in [6.45, 7) is 1.91. The van der Waals surface area contributed by atoms with E-state index in [0.29, 0.717) is 11.6 Å². The fraction of sp³-hybridized carbons (Fsp3) is 0.107. The summed E-state index contributed by atoms with van der Waals surface area (Å²) in [5.41, 5.74) is 8.54. The summed E-state index contributed by atoms with van der Waals surface area (Å²) in [6, 6.07) is 29.7. The zero-order valence-corrected chi connectivity index (χ0v) is 21.6. The second kappa shape index (κ2) is 10.2. The van der Waals surface area contributed by atoms with Crippen molar-refractivity contribution in [1.82, 2.24) is 5.01 Å². The maximum absolute atomic E-state index is 13.4. The largest absolute Gasteiger partial charge is 0.387 e. The van der Waals surface area contributed by atoms with Crippen LogP contribution in [-0.2, 0) is 10.0 Å². The first kappa shape index (κ1) is 24.7. The smallest absolute Gasteiger partial charge is 0.285 e. The van der Waals surface area contributed by atoms with Crippen molar-refractivity contribution in [1.29, 1.82) is 0 Å². The van der Waals surface area contributed by atoms with Crippen LogP contribution in [0.4, 0.5) is 0 Å². The van der Waals surface area contributed by atoms with Gasteiger partial charge in [-0.1, -0.05) is 84.4 Å². The number of hydrogen-bond acceptors (Lipinski definition) is 3. The van der Waals surface area contributed by atoms with Crippen LogP contribution in [-0.4, -0.2) is 37.5 Å². The van der Waals surface area contributed by atoms with Gasteiger partial charge in [-0.3, -0.25) is 0 Å². The fourth-order valence-electron chi connectivity index (χ4n) is 4.23. The van der Waals surface area contributed by atoms with Gasteiger partial charge >= 0.3 is 0 Å². The van der Waals surface area contributed by atoms with Crippen LogP contribution in [0.3, 0.4) is 0 Å². The van der Waals surface area contributed by atoms with Gasteiger partial charge in [0.25, 0.3) is 16.0 Å². The van der Waals surface area contributed by atoms with Crippen molar-refractivity contribution < 1.29 is 8.42 Å². The maximum atomic E-state index is 13.4. The normalized spacial score (nSPS) is 16.8.